The molecular formula is C14H24. The molecule has 0 aliphatic rings. The topological polar surface area (TPSA) is 0 Å². The van der Waals surface area contributed by atoms with E-state index in [0.717, 1.165) is 12.8 Å². The van der Waals surface area contributed by atoms with Crippen LogP contribution in [0, 0.1) is 17.8 Å². The number of unbranched alkanes of at least 4 members (excludes halogenated alkanes) is 1. The van der Waals surface area contributed by atoms with Gasteiger partial charge in [0, 0.05) is 12.3 Å². The number of allylic oxidation sites excluding steroid dienone is 2. The van der Waals surface area contributed by atoms with Crippen LogP contribution in [0.15, 0.2) is 11.6 Å². The molecular weight excluding hydrogens is 168 g/mol. The largest absolute Gasteiger partial charge is 0.103 e. The fourth-order valence-electron chi connectivity index (χ4n) is 1.58. The van der Waals surface area contributed by atoms with E-state index in [1.807, 2.05) is 0 Å². The lowest BCUT2D eigenvalue weighted by Crippen LogP contribution is -2.00. The van der Waals surface area contributed by atoms with E-state index in [2.05, 4.69) is 45.6 Å². The fraction of sp³-hybridized carbons (Fsp3) is 0.714. The molecule has 0 N–H and O–H groups in total. The number of hydrogen-bond acceptors (Lipinski definition) is 0. The average molecular weight is 192 g/mol. The summed E-state index contributed by atoms with van der Waals surface area (Å²) >= 11 is 0. The molecule has 0 aliphatic carbocycles. The third-order valence-electron chi connectivity index (χ3n) is 2.50. The quantitative estimate of drug-likeness (QED) is 0.442. The minimum atomic E-state index is 0.506. The second kappa shape index (κ2) is 8.88. The van der Waals surface area contributed by atoms with E-state index in [-0.39, 0.29) is 0 Å². The van der Waals surface area contributed by atoms with Crippen LogP contribution in [0.25, 0.3) is 0 Å². The van der Waals surface area contributed by atoms with Crippen molar-refractivity contribution in [2.24, 2.45) is 5.92 Å². The average Bonchev–Trinajstić information content (AvgIpc) is 2.23. The van der Waals surface area contributed by atoms with Gasteiger partial charge in [-0.25, -0.2) is 0 Å². The van der Waals surface area contributed by atoms with E-state index >= 15 is 0 Å². The Balaban J connectivity index is 4.30. The van der Waals surface area contributed by atoms with Gasteiger partial charge < -0.3 is 0 Å². The summed E-state index contributed by atoms with van der Waals surface area (Å²) in [5.74, 6) is 7.07. The van der Waals surface area contributed by atoms with E-state index in [1.165, 1.54) is 24.8 Å². The van der Waals surface area contributed by atoms with Gasteiger partial charge in [-0.05, 0) is 26.2 Å². The van der Waals surface area contributed by atoms with Crippen molar-refractivity contribution in [2.75, 3.05) is 0 Å². The van der Waals surface area contributed by atoms with Crippen molar-refractivity contribution >= 4 is 0 Å². The highest BCUT2D eigenvalue weighted by atomic mass is 14.1. The lowest BCUT2D eigenvalue weighted by Gasteiger charge is -2.12. The summed E-state index contributed by atoms with van der Waals surface area (Å²) in [4.78, 5) is 0. The van der Waals surface area contributed by atoms with Crippen molar-refractivity contribution in [3.63, 3.8) is 0 Å². The first kappa shape index (κ1) is 13.3. The van der Waals surface area contributed by atoms with Gasteiger partial charge in [0.25, 0.3) is 0 Å². The second-order valence-corrected chi connectivity index (χ2v) is 3.60. The summed E-state index contributed by atoms with van der Waals surface area (Å²) in [5.41, 5.74) is 1.54. The lowest BCUT2D eigenvalue weighted by molar-refractivity contribution is 0.669. The van der Waals surface area contributed by atoms with Crippen LogP contribution >= 0.6 is 0 Å². The van der Waals surface area contributed by atoms with Gasteiger partial charge in [0.1, 0.15) is 0 Å². The molecule has 0 aliphatic heterocycles. The molecule has 0 fully saturated rings. The molecule has 0 nitrogen and oxygen atoms in total. The summed E-state index contributed by atoms with van der Waals surface area (Å²) in [6.45, 7) is 8.72. The van der Waals surface area contributed by atoms with Crippen LogP contribution in [0.1, 0.15) is 59.8 Å². The highest BCUT2D eigenvalue weighted by Crippen LogP contribution is 2.20. The number of rotatable bonds is 5. The normalized spacial score (nSPS) is 13.3. The Labute approximate surface area is 89.8 Å². The van der Waals surface area contributed by atoms with Gasteiger partial charge in [-0.2, -0.15) is 0 Å². The maximum absolute atomic E-state index is 3.36. The number of hydrogen-bond donors (Lipinski definition) is 0. The molecule has 1 atom stereocenters. The predicted molar refractivity (Wildman–Crippen MR) is 65.1 cm³/mol. The molecule has 80 valence electrons. The fourth-order valence-corrected chi connectivity index (χ4v) is 1.58. The molecule has 0 heterocycles. The van der Waals surface area contributed by atoms with Crippen LogP contribution in [0.2, 0.25) is 0 Å². The molecule has 0 aromatic carbocycles. The third-order valence-corrected chi connectivity index (χ3v) is 2.50. The van der Waals surface area contributed by atoms with E-state index < -0.39 is 0 Å². The summed E-state index contributed by atoms with van der Waals surface area (Å²) in [5, 5.41) is 0. The Morgan fingerprint density at radius 2 is 2.00 bits per heavy atom. The Kier molecular flexibility index (Phi) is 8.43. The van der Waals surface area contributed by atoms with E-state index in [0.29, 0.717) is 5.92 Å². The summed E-state index contributed by atoms with van der Waals surface area (Å²) < 4.78 is 0. The molecule has 0 heteroatoms. The molecule has 0 amide bonds. The first-order valence-electron chi connectivity index (χ1n) is 5.93. The molecule has 0 saturated heterocycles. The highest BCUT2D eigenvalue weighted by Gasteiger charge is 2.07. The first-order valence-corrected chi connectivity index (χ1v) is 5.93. The minimum absolute atomic E-state index is 0.506. The Morgan fingerprint density at radius 3 is 2.43 bits per heavy atom. The standard InChI is InChI=1S/C14H24/c1-5-9-11-13(7-3)14(8-4)12-10-6-2/h7,14H,5-6,8-9,11H2,1-4H3/b13-7-. The molecule has 0 bridgehead atoms. The van der Waals surface area contributed by atoms with Crippen molar-refractivity contribution in [1.29, 1.82) is 0 Å². The monoisotopic (exact) mass is 192 g/mol. The summed E-state index contributed by atoms with van der Waals surface area (Å²) in [7, 11) is 0. The van der Waals surface area contributed by atoms with E-state index in [4.69, 9.17) is 0 Å². The molecule has 1 unspecified atom stereocenters. The second-order valence-electron chi connectivity index (χ2n) is 3.60. The highest BCUT2D eigenvalue weighted by molar-refractivity contribution is 5.18. The van der Waals surface area contributed by atoms with Crippen LogP contribution in [0.3, 0.4) is 0 Å². The third kappa shape index (κ3) is 5.12. The van der Waals surface area contributed by atoms with Gasteiger partial charge in [0.05, 0.1) is 0 Å². The summed E-state index contributed by atoms with van der Waals surface area (Å²) in [6, 6.07) is 0. The Morgan fingerprint density at radius 1 is 1.29 bits per heavy atom. The molecule has 0 rings (SSSR count). The molecule has 0 aromatic heterocycles. The Hall–Kier alpha value is -0.700. The van der Waals surface area contributed by atoms with Crippen molar-refractivity contribution < 1.29 is 0 Å². The van der Waals surface area contributed by atoms with Gasteiger partial charge in [-0.1, -0.05) is 44.8 Å². The van der Waals surface area contributed by atoms with Gasteiger partial charge in [0.15, 0.2) is 0 Å². The van der Waals surface area contributed by atoms with Crippen LogP contribution in [0.5, 0.6) is 0 Å². The maximum Gasteiger partial charge on any atom is 0.0409 e. The van der Waals surface area contributed by atoms with E-state index in [1.54, 1.807) is 0 Å². The zero-order chi connectivity index (χ0) is 10.8. The zero-order valence-electron chi connectivity index (χ0n) is 10.2. The molecule has 0 aromatic rings. The SMILES string of the molecule is C/C=C(/CCCC)C(C#CCC)CC. The van der Waals surface area contributed by atoms with Gasteiger partial charge in [0.2, 0.25) is 0 Å². The van der Waals surface area contributed by atoms with Crippen molar-refractivity contribution in [3.05, 3.63) is 11.6 Å². The molecule has 0 spiro atoms. The first-order chi connectivity index (χ1) is 6.79. The van der Waals surface area contributed by atoms with Crippen molar-refractivity contribution in [1.82, 2.24) is 0 Å². The molecule has 0 saturated carbocycles. The van der Waals surface area contributed by atoms with Crippen LogP contribution in [-0.2, 0) is 0 Å². The van der Waals surface area contributed by atoms with E-state index in [9.17, 15) is 0 Å². The van der Waals surface area contributed by atoms with Crippen LogP contribution in [-0.4, -0.2) is 0 Å². The Bertz CT molecular complexity index is 212. The van der Waals surface area contributed by atoms with Crippen LogP contribution in [0.4, 0.5) is 0 Å². The molecule has 0 radical (unpaired) electrons. The molecule has 14 heavy (non-hydrogen) atoms. The lowest BCUT2D eigenvalue weighted by atomic mass is 9.92. The zero-order valence-corrected chi connectivity index (χ0v) is 10.2. The summed E-state index contributed by atoms with van der Waals surface area (Å²) in [6.07, 6.45) is 8.18. The van der Waals surface area contributed by atoms with Crippen molar-refractivity contribution in [2.45, 2.75) is 59.8 Å². The maximum atomic E-state index is 3.36. The van der Waals surface area contributed by atoms with Crippen molar-refractivity contribution in [3.8, 4) is 11.8 Å². The van der Waals surface area contributed by atoms with Gasteiger partial charge >= 0.3 is 0 Å². The predicted octanol–water partition coefficient (Wildman–Crippen LogP) is 4.56. The minimum Gasteiger partial charge on any atom is -0.103 e. The van der Waals surface area contributed by atoms with Gasteiger partial charge in [-0.3, -0.25) is 0 Å². The smallest absolute Gasteiger partial charge is 0.0409 e. The van der Waals surface area contributed by atoms with Gasteiger partial charge in [-0.15, -0.1) is 5.92 Å². The van der Waals surface area contributed by atoms with Crippen LogP contribution < -0.4 is 0 Å².